The summed E-state index contributed by atoms with van der Waals surface area (Å²) in [5.41, 5.74) is 3.13. The monoisotopic (exact) mass is 488 g/mol. The van der Waals surface area contributed by atoms with Crippen LogP contribution in [0.3, 0.4) is 0 Å². The van der Waals surface area contributed by atoms with E-state index in [1.54, 1.807) is 12.4 Å². The summed E-state index contributed by atoms with van der Waals surface area (Å²) in [4.78, 5) is 13.9. The molecule has 3 aromatic heterocycles. The molecule has 3 aromatic rings. The molecule has 1 saturated heterocycles. The minimum Gasteiger partial charge on any atom is -0.365 e. The summed E-state index contributed by atoms with van der Waals surface area (Å²) in [5, 5.41) is 3.40. The van der Waals surface area contributed by atoms with Crippen LogP contribution in [0.4, 0.5) is 5.82 Å². The SMILES string of the molecule is C[Si](C)(C)CCOCn1ccc2nc(-c3cccnc3N[C@@H]3CCN(S(C)(=O)=O)C3)cnc21. The molecule has 0 bridgehead atoms. The maximum Gasteiger partial charge on any atom is 0.211 e. The molecule has 11 heteroatoms. The van der Waals surface area contributed by atoms with Crippen molar-refractivity contribution in [3.05, 3.63) is 36.8 Å². The van der Waals surface area contributed by atoms with E-state index in [-0.39, 0.29) is 6.04 Å². The van der Waals surface area contributed by atoms with Gasteiger partial charge >= 0.3 is 0 Å². The number of aromatic nitrogens is 4. The molecule has 178 valence electrons. The van der Waals surface area contributed by atoms with Crippen LogP contribution in [0.2, 0.25) is 25.7 Å². The van der Waals surface area contributed by atoms with E-state index in [2.05, 4.69) is 34.9 Å². The molecule has 1 aliphatic rings. The first kappa shape index (κ1) is 23.8. The van der Waals surface area contributed by atoms with E-state index in [9.17, 15) is 8.42 Å². The molecule has 0 aromatic carbocycles. The Bertz CT molecular complexity index is 1220. The van der Waals surface area contributed by atoms with Gasteiger partial charge < -0.3 is 14.6 Å². The fourth-order valence-corrected chi connectivity index (χ4v) is 5.45. The smallest absolute Gasteiger partial charge is 0.211 e. The Morgan fingerprint density at radius 1 is 1.24 bits per heavy atom. The van der Waals surface area contributed by atoms with Gasteiger partial charge in [-0.2, -0.15) is 0 Å². The Balaban J connectivity index is 1.48. The lowest BCUT2D eigenvalue weighted by Gasteiger charge is -2.17. The lowest BCUT2D eigenvalue weighted by Crippen LogP contribution is -2.30. The predicted molar refractivity (Wildman–Crippen MR) is 133 cm³/mol. The van der Waals surface area contributed by atoms with Gasteiger partial charge in [0.2, 0.25) is 10.0 Å². The highest BCUT2D eigenvalue weighted by atomic mass is 32.2. The molecule has 1 fully saturated rings. The fourth-order valence-electron chi connectivity index (χ4n) is 3.80. The van der Waals surface area contributed by atoms with Gasteiger partial charge in [-0.05, 0) is 30.7 Å². The number of nitrogens with one attached hydrogen (secondary N) is 1. The van der Waals surface area contributed by atoms with E-state index in [1.165, 1.54) is 10.6 Å². The van der Waals surface area contributed by atoms with Crippen molar-refractivity contribution in [3.8, 4) is 11.3 Å². The van der Waals surface area contributed by atoms with Crippen LogP contribution >= 0.6 is 0 Å². The zero-order valence-electron chi connectivity index (χ0n) is 19.7. The number of ether oxygens (including phenoxy) is 1. The van der Waals surface area contributed by atoms with Crippen molar-refractivity contribution < 1.29 is 13.2 Å². The maximum absolute atomic E-state index is 11.8. The number of anilines is 1. The lowest BCUT2D eigenvalue weighted by atomic mass is 10.1. The van der Waals surface area contributed by atoms with Crippen LogP contribution in [0.15, 0.2) is 36.8 Å². The second-order valence-corrected chi connectivity index (χ2v) is 17.4. The average molecular weight is 489 g/mol. The number of fused-ring (bicyclic) bond motifs is 1. The molecule has 4 heterocycles. The first-order valence-electron chi connectivity index (χ1n) is 11.2. The highest BCUT2D eigenvalue weighted by Crippen LogP contribution is 2.27. The number of pyridine rings is 1. The van der Waals surface area contributed by atoms with Crippen LogP contribution in [0, 0.1) is 0 Å². The molecule has 9 nitrogen and oxygen atoms in total. The fraction of sp³-hybridized carbons (Fsp3) is 0.500. The van der Waals surface area contributed by atoms with Crippen LogP contribution in [-0.4, -0.2) is 72.3 Å². The first-order chi connectivity index (χ1) is 15.6. The molecular formula is C22H32N6O3SSi. The molecule has 1 N–H and O–H groups in total. The van der Waals surface area contributed by atoms with Crippen molar-refractivity contribution >= 4 is 35.1 Å². The van der Waals surface area contributed by atoms with Crippen molar-refractivity contribution in [2.24, 2.45) is 0 Å². The van der Waals surface area contributed by atoms with E-state index in [0.29, 0.717) is 31.3 Å². The molecule has 0 aliphatic carbocycles. The molecule has 33 heavy (non-hydrogen) atoms. The first-order valence-corrected chi connectivity index (χ1v) is 16.7. The Labute approximate surface area is 196 Å². The summed E-state index contributed by atoms with van der Waals surface area (Å²) in [6.07, 6.45) is 7.39. The van der Waals surface area contributed by atoms with Gasteiger partial charge in [-0.25, -0.2) is 27.7 Å². The summed E-state index contributed by atoms with van der Waals surface area (Å²) in [7, 11) is -4.30. The Kier molecular flexibility index (Phi) is 6.85. The van der Waals surface area contributed by atoms with E-state index >= 15 is 0 Å². The van der Waals surface area contributed by atoms with Crippen molar-refractivity contribution in [1.82, 2.24) is 23.8 Å². The molecule has 0 spiro atoms. The van der Waals surface area contributed by atoms with E-state index < -0.39 is 18.1 Å². The van der Waals surface area contributed by atoms with Crippen LogP contribution in [0.5, 0.6) is 0 Å². The topological polar surface area (TPSA) is 102 Å². The summed E-state index contributed by atoms with van der Waals surface area (Å²) in [6.45, 7) is 9.17. The number of sulfonamides is 1. The third-order valence-corrected chi connectivity index (χ3v) is 8.71. The highest BCUT2D eigenvalue weighted by Gasteiger charge is 2.29. The summed E-state index contributed by atoms with van der Waals surface area (Å²) < 4.78 is 33.0. The van der Waals surface area contributed by atoms with Crippen molar-refractivity contribution in [3.63, 3.8) is 0 Å². The largest absolute Gasteiger partial charge is 0.365 e. The van der Waals surface area contributed by atoms with E-state index in [1.807, 2.05) is 29.0 Å². The molecule has 0 radical (unpaired) electrons. The minimum absolute atomic E-state index is 0.000503. The maximum atomic E-state index is 11.8. The number of hydrogen-bond acceptors (Lipinski definition) is 7. The molecule has 0 saturated carbocycles. The Morgan fingerprint density at radius 3 is 2.79 bits per heavy atom. The molecule has 4 rings (SSSR count). The average Bonchev–Trinajstić information content (AvgIpc) is 3.38. The molecule has 0 amide bonds. The second kappa shape index (κ2) is 9.49. The van der Waals surface area contributed by atoms with Gasteiger partial charge in [0.15, 0.2) is 5.65 Å². The number of rotatable bonds is 9. The van der Waals surface area contributed by atoms with Gasteiger partial charge in [0.25, 0.3) is 0 Å². The Morgan fingerprint density at radius 2 is 2.06 bits per heavy atom. The zero-order chi connectivity index (χ0) is 23.6. The van der Waals surface area contributed by atoms with Gasteiger partial charge in [0, 0.05) is 51.8 Å². The number of nitrogens with zero attached hydrogens (tertiary/aromatic N) is 5. The van der Waals surface area contributed by atoms with Crippen LogP contribution in [0.1, 0.15) is 6.42 Å². The molecule has 0 unspecified atom stereocenters. The van der Waals surface area contributed by atoms with Gasteiger partial charge in [0.05, 0.1) is 18.1 Å². The summed E-state index contributed by atoms with van der Waals surface area (Å²) >= 11 is 0. The van der Waals surface area contributed by atoms with E-state index in [0.717, 1.165) is 35.8 Å². The van der Waals surface area contributed by atoms with Crippen LogP contribution in [-0.2, 0) is 21.5 Å². The van der Waals surface area contributed by atoms with Crippen LogP contribution in [0.25, 0.3) is 22.4 Å². The quantitative estimate of drug-likeness (QED) is 0.364. The van der Waals surface area contributed by atoms with Crippen LogP contribution < -0.4 is 5.32 Å². The van der Waals surface area contributed by atoms with Gasteiger partial charge in [-0.1, -0.05) is 19.6 Å². The summed E-state index contributed by atoms with van der Waals surface area (Å²) in [5.74, 6) is 0.681. The van der Waals surface area contributed by atoms with E-state index in [4.69, 9.17) is 9.72 Å². The molecular weight excluding hydrogens is 456 g/mol. The normalized spacial score (nSPS) is 17.6. The molecule has 1 aliphatic heterocycles. The zero-order valence-corrected chi connectivity index (χ0v) is 21.5. The Hall–Kier alpha value is -2.34. The second-order valence-electron chi connectivity index (χ2n) is 9.75. The van der Waals surface area contributed by atoms with Gasteiger partial charge in [0.1, 0.15) is 18.1 Å². The predicted octanol–water partition coefficient (Wildman–Crippen LogP) is 3.25. The third-order valence-electron chi connectivity index (χ3n) is 5.73. The molecule has 1 atom stereocenters. The standard InChI is InChI=1S/C22H32N6O3SSi/c1-32(29,30)28-11-7-17(15-28)25-21-18(6-5-9-23-21)20-14-24-22-19(26-20)8-10-27(22)16-31-12-13-33(2,3)4/h5-6,8-10,14,17H,7,11-13,15-16H2,1-4H3,(H,23,25)/t17-/m1/s1. The van der Waals surface area contributed by atoms with Gasteiger partial charge in [-0.15, -0.1) is 0 Å². The summed E-state index contributed by atoms with van der Waals surface area (Å²) in [6, 6.07) is 6.88. The third kappa shape index (κ3) is 5.97. The minimum atomic E-state index is -3.19. The van der Waals surface area contributed by atoms with Crippen molar-refractivity contribution in [2.75, 3.05) is 31.3 Å². The van der Waals surface area contributed by atoms with Crippen molar-refractivity contribution in [1.29, 1.82) is 0 Å². The van der Waals surface area contributed by atoms with Crippen molar-refractivity contribution in [2.45, 2.75) is 44.9 Å². The lowest BCUT2D eigenvalue weighted by molar-refractivity contribution is 0.0899. The van der Waals surface area contributed by atoms with Gasteiger partial charge in [-0.3, -0.25) is 0 Å². The number of hydrogen-bond donors (Lipinski definition) is 1. The highest BCUT2D eigenvalue weighted by molar-refractivity contribution is 7.88.